The molecule has 204 valence electrons. The van der Waals surface area contributed by atoms with E-state index in [1.165, 1.54) is 12.1 Å². The zero-order valence-corrected chi connectivity index (χ0v) is 21.9. The number of amides is 2. The van der Waals surface area contributed by atoms with Crippen molar-refractivity contribution in [2.75, 3.05) is 46.6 Å². The first kappa shape index (κ1) is 26.5. The molecule has 1 unspecified atom stereocenters. The van der Waals surface area contributed by atoms with Gasteiger partial charge in [-0.3, -0.25) is 9.59 Å². The first-order chi connectivity index (χ1) is 19.0. The predicted molar refractivity (Wildman–Crippen MR) is 143 cm³/mol. The second kappa shape index (κ2) is 12.2. The first-order valence-corrected chi connectivity index (χ1v) is 13.0. The van der Waals surface area contributed by atoms with Crippen molar-refractivity contribution in [3.8, 4) is 23.0 Å². The maximum atomic E-state index is 13.3. The van der Waals surface area contributed by atoms with Crippen LogP contribution in [0.4, 0.5) is 0 Å². The molecule has 9 nitrogen and oxygen atoms in total. The number of rotatable bonds is 5. The summed E-state index contributed by atoms with van der Waals surface area (Å²) in [6.45, 7) is 2.03. The molecule has 8 bridgehead atoms. The van der Waals surface area contributed by atoms with E-state index >= 15 is 0 Å². The molecule has 0 spiro atoms. The van der Waals surface area contributed by atoms with Gasteiger partial charge in [0.15, 0.2) is 0 Å². The second-order valence-electron chi connectivity index (χ2n) is 9.46. The Morgan fingerprint density at radius 3 is 2.79 bits per heavy atom. The molecular weight excluding hydrogens is 500 g/mol. The lowest BCUT2D eigenvalue weighted by atomic mass is 9.87. The number of nitrogens with one attached hydrogen (secondary N) is 1. The van der Waals surface area contributed by atoms with E-state index in [2.05, 4.69) is 5.32 Å². The van der Waals surface area contributed by atoms with Crippen molar-refractivity contribution in [2.45, 2.75) is 18.9 Å². The maximum Gasteiger partial charge on any atom is 0.255 e. The van der Waals surface area contributed by atoms with Crippen molar-refractivity contribution in [1.82, 2.24) is 10.2 Å². The highest BCUT2D eigenvalue weighted by Gasteiger charge is 2.32. The predicted octanol–water partition coefficient (Wildman–Crippen LogP) is 3.83. The van der Waals surface area contributed by atoms with Crippen LogP contribution in [-0.2, 0) is 20.7 Å². The van der Waals surface area contributed by atoms with Crippen molar-refractivity contribution in [2.24, 2.45) is 0 Å². The molecule has 0 saturated heterocycles. The number of aromatic hydroxyl groups is 1. The third-order valence-electron chi connectivity index (χ3n) is 6.82. The molecule has 0 radical (unpaired) electrons. The van der Waals surface area contributed by atoms with Gasteiger partial charge in [0, 0.05) is 20.2 Å². The van der Waals surface area contributed by atoms with Crippen LogP contribution in [0.5, 0.6) is 23.0 Å². The molecule has 3 aromatic rings. The second-order valence-corrected chi connectivity index (χ2v) is 9.46. The smallest absolute Gasteiger partial charge is 0.255 e. The summed E-state index contributed by atoms with van der Waals surface area (Å²) in [4.78, 5) is 27.8. The monoisotopic (exact) mass is 532 g/mol. The summed E-state index contributed by atoms with van der Waals surface area (Å²) in [6, 6.07) is 17.8. The number of nitrogens with zero attached hydrogens (tertiary/aromatic N) is 1. The van der Waals surface area contributed by atoms with Crippen LogP contribution in [0.15, 0.2) is 60.7 Å². The van der Waals surface area contributed by atoms with E-state index in [1.807, 2.05) is 47.4 Å². The zero-order chi connectivity index (χ0) is 27.2. The number of methoxy groups -OCH3 is 1. The molecule has 39 heavy (non-hydrogen) atoms. The highest BCUT2D eigenvalue weighted by molar-refractivity contribution is 5.97. The summed E-state index contributed by atoms with van der Waals surface area (Å²) in [5, 5.41) is 13.1. The number of phenols is 1. The fourth-order valence-electron chi connectivity index (χ4n) is 4.91. The van der Waals surface area contributed by atoms with E-state index in [9.17, 15) is 14.7 Å². The van der Waals surface area contributed by atoms with E-state index in [0.717, 1.165) is 16.7 Å². The van der Waals surface area contributed by atoms with Crippen LogP contribution in [-0.4, -0.2) is 68.4 Å². The molecule has 0 fully saturated rings. The van der Waals surface area contributed by atoms with Crippen LogP contribution < -0.4 is 14.8 Å². The molecule has 1 atom stereocenters. The number of phenolic OH excluding ortho intramolecular Hbond substituents is 1. The number of fused-ring (bicyclic) bond motifs is 6. The third-order valence-corrected chi connectivity index (χ3v) is 6.82. The van der Waals surface area contributed by atoms with Gasteiger partial charge in [0.2, 0.25) is 5.91 Å². The molecule has 3 heterocycles. The minimum absolute atomic E-state index is 0.0263. The van der Waals surface area contributed by atoms with Crippen molar-refractivity contribution in [1.29, 1.82) is 0 Å². The number of hydrogen-bond acceptors (Lipinski definition) is 7. The highest BCUT2D eigenvalue weighted by Crippen LogP contribution is 2.39. The van der Waals surface area contributed by atoms with Gasteiger partial charge in [0.05, 0.1) is 31.4 Å². The quantitative estimate of drug-likeness (QED) is 0.481. The average molecular weight is 533 g/mol. The van der Waals surface area contributed by atoms with E-state index in [1.54, 1.807) is 13.2 Å². The summed E-state index contributed by atoms with van der Waals surface area (Å²) in [6.07, 6.45) is 1.22. The van der Waals surface area contributed by atoms with Gasteiger partial charge in [-0.05, 0) is 72.0 Å². The first-order valence-electron chi connectivity index (χ1n) is 13.0. The molecule has 2 amide bonds. The van der Waals surface area contributed by atoms with E-state index in [0.29, 0.717) is 63.0 Å². The Morgan fingerprint density at radius 2 is 1.92 bits per heavy atom. The Bertz CT molecular complexity index is 1340. The van der Waals surface area contributed by atoms with Gasteiger partial charge < -0.3 is 34.3 Å². The minimum Gasteiger partial charge on any atom is -0.507 e. The van der Waals surface area contributed by atoms with Crippen molar-refractivity contribution in [3.63, 3.8) is 0 Å². The van der Waals surface area contributed by atoms with Crippen molar-refractivity contribution in [3.05, 3.63) is 82.9 Å². The third kappa shape index (κ3) is 6.16. The molecular formula is C30H32N2O7. The normalized spacial score (nSPS) is 16.9. The largest absolute Gasteiger partial charge is 0.507 e. The number of carbonyl (C=O) groups is 2. The summed E-state index contributed by atoms with van der Waals surface area (Å²) in [7, 11) is 1.60. The van der Waals surface area contributed by atoms with Crippen LogP contribution in [0.1, 0.15) is 39.5 Å². The minimum atomic E-state index is -0.384. The van der Waals surface area contributed by atoms with Crippen LogP contribution in [0.2, 0.25) is 0 Å². The summed E-state index contributed by atoms with van der Waals surface area (Å²) in [5.41, 5.74) is 3.14. The summed E-state index contributed by atoms with van der Waals surface area (Å²) >= 11 is 0. The highest BCUT2D eigenvalue weighted by atomic mass is 16.5. The standard InChI is InChI=1S/C30H32N2O7/c1-36-14-15-37-19-28(34)32-12-10-20-16-23-6-8-25(20)29(32)21-4-2-5-22(17-21)38-13-3-11-31-30(35)26-18-24(39-23)7-9-27(26)33/h2,4-9,16-18,29,33H,3,10-15,19H2,1H3,(H,31,35). The summed E-state index contributed by atoms with van der Waals surface area (Å²) in [5.74, 6) is 1.12. The topological polar surface area (TPSA) is 107 Å². The molecule has 0 saturated carbocycles. The molecule has 3 aromatic carbocycles. The van der Waals surface area contributed by atoms with Crippen molar-refractivity contribution < 1.29 is 33.6 Å². The van der Waals surface area contributed by atoms with Gasteiger partial charge in [-0.2, -0.15) is 0 Å². The molecule has 0 aromatic heterocycles. The van der Waals surface area contributed by atoms with Crippen LogP contribution in [0.25, 0.3) is 0 Å². The Labute approximate surface area is 227 Å². The lowest BCUT2D eigenvalue weighted by Crippen LogP contribution is -2.42. The molecule has 0 aliphatic carbocycles. The fraction of sp³-hybridized carbons (Fsp3) is 0.333. The Hall–Kier alpha value is -4.08. The number of benzene rings is 3. The molecule has 9 heteroatoms. The van der Waals surface area contributed by atoms with Crippen LogP contribution in [0.3, 0.4) is 0 Å². The molecule has 3 aliphatic heterocycles. The Kier molecular flexibility index (Phi) is 8.29. The van der Waals surface area contributed by atoms with Gasteiger partial charge in [0.1, 0.15) is 29.6 Å². The Morgan fingerprint density at radius 1 is 1.08 bits per heavy atom. The fourth-order valence-corrected chi connectivity index (χ4v) is 4.91. The van der Waals surface area contributed by atoms with E-state index in [-0.39, 0.29) is 35.8 Å². The number of ether oxygens (including phenoxy) is 4. The lowest BCUT2D eigenvalue weighted by molar-refractivity contribution is -0.138. The average Bonchev–Trinajstić information content (AvgIpc) is 2.95. The van der Waals surface area contributed by atoms with Crippen molar-refractivity contribution >= 4 is 11.8 Å². The zero-order valence-electron chi connectivity index (χ0n) is 21.9. The molecule has 3 aliphatic rings. The maximum absolute atomic E-state index is 13.3. The molecule has 6 rings (SSSR count). The van der Waals surface area contributed by atoms with Gasteiger partial charge in [0.25, 0.3) is 5.91 Å². The number of hydrogen-bond donors (Lipinski definition) is 2. The van der Waals surface area contributed by atoms with Gasteiger partial charge >= 0.3 is 0 Å². The number of carbonyl (C=O) groups excluding carboxylic acids is 2. The molecule has 2 N–H and O–H groups in total. The van der Waals surface area contributed by atoms with E-state index in [4.69, 9.17) is 18.9 Å². The van der Waals surface area contributed by atoms with Gasteiger partial charge in [-0.25, -0.2) is 0 Å². The van der Waals surface area contributed by atoms with E-state index < -0.39 is 0 Å². The SMILES string of the molecule is COCCOCC(=O)N1CCc2cc3ccc2C1c1cccc(c1)OCCCNC(=O)c1cc(ccc1O)O3. The van der Waals surface area contributed by atoms with Crippen LogP contribution in [0, 0.1) is 0 Å². The Balaban J connectivity index is 1.51. The van der Waals surface area contributed by atoms with Gasteiger partial charge in [-0.1, -0.05) is 18.2 Å². The van der Waals surface area contributed by atoms with Crippen LogP contribution >= 0.6 is 0 Å². The van der Waals surface area contributed by atoms with Gasteiger partial charge in [-0.15, -0.1) is 0 Å². The summed E-state index contributed by atoms with van der Waals surface area (Å²) < 4.78 is 22.7. The lowest BCUT2D eigenvalue weighted by Gasteiger charge is -2.38.